The molecule has 226 valence electrons. The standard InChI is InChI=1S/C31H45N3O6S/c1-9-15-39-26(18-25(20(2)3)34(8)30(38)40-31(5,6)7)28-33-24(19-41-28)27(35)32-23(16-21(4)29(36)37)17-22-13-11-10-12-14-22/h9-14,19-21,23,25-26H,1,15-18H2,2-8H3,(H,32,35)(H,36,37)/t21?,23?,25-,26-/m1/s1. The average Bonchev–Trinajstić information content (AvgIpc) is 3.38. The van der Waals surface area contributed by atoms with Crippen molar-refractivity contribution in [2.75, 3.05) is 13.7 Å². The molecule has 9 nitrogen and oxygen atoms in total. The van der Waals surface area contributed by atoms with Crippen molar-refractivity contribution in [2.45, 2.75) is 84.6 Å². The third-order valence-corrected chi connectivity index (χ3v) is 7.51. The number of nitrogens with one attached hydrogen (secondary N) is 1. The summed E-state index contributed by atoms with van der Waals surface area (Å²) in [5.41, 5.74) is 0.616. The van der Waals surface area contributed by atoms with Gasteiger partial charge in [-0.15, -0.1) is 17.9 Å². The summed E-state index contributed by atoms with van der Waals surface area (Å²) >= 11 is 1.31. The number of carboxylic acid groups (broad SMARTS) is 1. The summed E-state index contributed by atoms with van der Waals surface area (Å²) in [5, 5.41) is 14.7. The van der Waals surface area contributed by atoms with Crippen LogP contribution in [0, 0.1) is 11.8 Å². The highest BCUT2D eigenvalue weighted by Crippen LogP contribution is 2.31. The van der Waals surface area contributed by atoms with Crippen LogP contribution in [0.15, 0.2) is 48.4 Å². The quantitative estimate of drug-likeness (QED) is 0.241. The first kappa shape index (κ1) is 34.0. The van der Waals surface area contributed by atoms with Crippen LogP contribution in [0.1, 0.15) is 81.5 Å². The van der Waals surface area contributed by atoms with E-state index in [4.69, 9.17) is 9.47 Å². The molecule has 41 heavy (non-hydrogen) atoms. The molecule has 0 aliphatic carbocycles. The maximum absolute atomic E-state index is 13.3. The van der Waals surface area contributed by atoms with E-state index < -0.39 is 29.7 Å². The fourth-order valence-corrected chi connectivity index (χ4v) is 5.27. The normalized spacial score (nSPS) is 14.5. The molecular weight excluding hydrogens is 542 g/mol. The molecule has 2 amide bonds. The number of aromatic nitrogens is 1. The summed E-state index contributed by atoms with van der Waals surface area (Å²) in [6.45, 7) is 15.2. The highest BCUT2D eigenvalue weighted by Gasteiger charge is 2.32. The molecule has 0 saturated heterocycles. The molecule has 2 unspecified atom stereocenters. The van der Waals surface area contributed by atoms with Crippen molar-refractivity contribution in [1.82, 2.24) is 15.2 Å². The van der Waals surface area contributed by atoms with Gasteiger partial charge in [0.25, 0.3) is 5.91 Å². The highest BCUT2D eigenvalue weighted by molar-refractivity contribution is 7.09. The molecule has 0 saturated carbocycles. The van der Waals surface area contributed by atoms with Gasteiger partial charge in [0, 0.05) is 30.9 Å². The Kier molecular flexibility index (Phi) is 13.0. The van der Waals surface area contributed by atoms with Gasteiger partial charge in [0.05, 0.1) is 12.5 Å². The number of benzene rings is 1. The number of carbonyl (C=O) groups is 3. The first-order valence-corrected chi connectivity index (χ1v) is 14.8. The van der Waals surface area contributed by atoms with Crippen molar-refractivity contribution in [3.05, 3.63) is 64.6 Å². The van der Waals surface area contributed by atoms with Crippen LogP contribution in [0.3, 0.4) is 0 Å². The summed E-state index contributed by atoms with van der Waals surface area (Å²) < 4.78 is 11.7. The fourth-order valence-electron chi connectivity index (χ4n) is 4.41. The monoisotopic (exact) mass is 587 g/mol. The number of hydrogen-bond acceptors (Lipinski definition) is 7. The number of carbonyl (C=O) groups excluding carboxylic acids is 2. The van der Waals surface area contributed by atoms with Gasteiger partial charge in [-0.1, -0.05) is 57.2 Å². The van der Waals surface area contributed by atoms with Gasteiger partial charge in [0.15, 0.2) is 0 Å². The van der Waals surface area contributed by atoms with Gasteiger partial charge in [-0.2, -0.15) is 0 Å². The molecule has 0 aliphatic heterocycles. The summed E-state index contributed by atoms with van der Waals surface area (Å²) in [4.78, 5) is 43.8. The van der Waals surface area contributed by atoms with Crippen molar-refractivity contribution < 1.29 is 29.0 Å². The summed E-state index contributed by atoms with van der Waals surface area (Å²) in [7, 11) is 1.72. The van der Waals surface area contributed by atoms with Gasteiger partial charge in [0.1, 0.15) is 22.4 Å². The number of amides is 2. The third kappa shape index (κ3) is 11.3. The predicted octanol–water partition coefficient (Wildman–Crippen LogP) is 6.12. The highest BCUT2D eigenvalue weighted by atomic mass is 32.1. The molecule has 2 rings (SSSR count). The van der Waals surface area contributed by atoms with Gasteiger partial charge in [0.2, 0.25) is 0 Å². The maximum Gasteiger partial charge on any atom is 0.410 e. The van der Waals surface area contributed by atoms with E-state index in [1.807, 2.05) is 65.0 Å². The van der Waals surface area contributed by atoms with Crippen molar-refractivity contribution in [1.29, 1.82) is 0 Å². The second-order valence-electron chi connectivity index (χ2n) is 11.7. The lowest BCUT2D eigenvalue weighted by molar-refractivity contribution is -0.141. The van der Waals surface area contributed by atoms with Gasteiger partial charge < -0.3 is 24.8 Å². The van der Waals surface area contributed by atoms with E-state index in [2.05, 4.69) is 16.9 Å². The third-order valence-electron chi connectivity index (χ3n) is 6.57. The zero-order valence-electron chi connectivity index (χ0n) is 25.3. The molecule has 1 aromatic carbocycles. The predicted molar refractivity (Wildman–Crippen MR) is 161 cm³/mol. The molecule has 1 heterocycles. The SMILES string of the molecule is C=CCO[C@H](C[C@H](C(C)C)N(C)C(=O)OC(C)(C)C)c1nc(C(=O)NC(Cc2ccccc2)CC(C)C(=O)O)cs1. The van der Waals surface area contributed by atoms with E-state index in [0.29, 0.717) is 17.8 Å². The van der Waals surface area contributed by atoms with Crippen LogP contribution in [0.2, 0.25) is 0 Å². The molecule has 2 aromatic rings. The topological polar surface area (TPSA) is 118 Å². The molecule has 0 aliphatic rings. The molecule has 1 aromatic heterocycles. The number of carboxylic acids is 1. The second-order valence-corrected chi connectivity index (χ2v) is 12.5. The maximum atomic E-state index is 13.3. The average molecular weight is 588 g/mol. The van der Waals surface area contributed by atoms with Gasteiger partial charge >= 0.3 is 12.1 Å². The molecule has 0 spiro atoms. The van der Waals surface area contributed by atoms with Crippen LogP contribution in [0.25, 0.3) is 0 Å². The number of rotatable bonds is 15. The van der Waals surface area contributed by atoms with Crippen molar-refractivity contribution >= 4 is 29.3 Å². The van der Waals surface area contributed by atoms with Gasteiger partial charge in [-0.3, -0.25) is 9.59 Å². The van der Waals surface area contributed by atoms with Crippen molar-refractivity contribution in [3.63, 3.8) is 0 Å². The minimum absolute atomic E-state index is 0.0973. The molecular formula is C31H45N3O6S. The molecule has 2 N–H and O–H groups in total. The van der Waals surface area contributed by atoms with Crippen LogP contribution in [-0.2, 0) is 20.7 Å². The Morgan fingerprint density at radius 3 is 2.37 bits per heavy atom. The van der Waals surface area contributed by atoms with Crippen LogP contribution in [0.5, 0.6) is 0 Å². The molecule has 4 atom stereocenters. The van der Waals surface area contributed by atoms with Gasteiger partial charge in [-0.05, 0) is 45.1 Å². The lowest BCUT2D eigenvalue weighted by atomic mass is 9.96. The molecule has 10 heteroatoms. The van der Waals surface area contributed by atoms with Crippen LogP contribution in [-0.4, -0.2) is 64.3 Å². The largest absolute Gasteiger partial charge is 0.481 e. The van der Waals surface area contributed by atoms with Crippen molar-refractivity contribution in [3.8, 4) is 0 Å². The van der Waals surface area contributed by atoms with E-state index in [-0.39, 0.29) is 42.6 Å². The number of ether oxygens (including phenoxy) is 2. The van der Waals surface area contributed by atoms with E-state index in [0.717, 1.165) is 5.56 Å². The summed E-state index contributed by atoms with van der Waals surface area (Å²) in [6.07, 6.45) is 1.97. The molecule has 0 bridgehead atoms. The lowest BCUT2D eigenvalue weighted by Crippen LogP contribution is -2.44. The Balaban J connectivity index is 2.24. The van der Waals surface area contributed by atoms with Crippen LogP contribution in [0.4, 0.5) is 4.79 Å². The Labute approximate surface area is 248 Å². The van der Waals surface area contributed by atoms with Crippen LogP contribution >= 0.6 is 11.3 Å². The number of aliphatic carboxylic acids is 1. The minimum atomic E-state index is -0.911. The summed E-state index contributed by atoms with van der Waals surface area (Å²) in [5.74, 6) is -1.81. The van der Waals surface area contributed by atoms with E-state index in [1.54, 1.807) is 30.3 Å². The first-order valence-electron chi connectivity index (χ1n) is 13.9. The van der Waals surface area contributed by atoms with Gasteiger partial charge in [-0.25, -0.2) is 9.78 Å². The smallest absolute Gasteiger partial charge is 0.410 e. The van der Waals surface area contributed by atoms with E-state index >= 15 is 0 Å². The number of hydrogen-bond donors (Lipinski definition) is 2. The Hall–Kier alpha value is -3.24. The van der Waals surface area contributed by atoms with E-state index in [1.165, 1.54) is 11.3 Å². The second kappa shape index (κ2) is 15.7. The van der Waals surface area contributed by atoms with E-state index in [9.17, 15) is 19.5 Å². The number of nitrogens with zero attached hydrogens (tertiary/aromatic N) is 2. The van der Waals surface area contributed by atoms with Crippen molar-refractivity contribution in [2.24, 2.45) is 11.8 Å². The lowest BCUT2D eigenvalue weighted by Gasteiger charge is -2.34. The Morgan fingerprint density at radius 2 is 1.80 bits per heavy atom. The first-order chi connectivity index (χ1) is 19.2. The van der Waals surface area contributed by atoms with Crippen LogP contribution < -0.4 is 5.32 Å². The zero-order chi connectivity index (χ0) is 30.7. The molecule has 0 radical (unpaired) electrons. The fraction of sp³-hybridized carbons (Fsp3) is 0.548. The minimum Gasteiger partial charge on any atom is -0.481 e. The molecule has 0 fully saturated rings. The number of thiazole rings is 1. The Morgan fingerprint density at radius 1 is 1.15 bits per heavy atom. The Bertz CT molecular complexity index is 1140. The zero-order valence-corrected chi connectivity index (χ0v) is 26.1. The summed E-state index contributed by atoms with van der Waals surface area (Å²) in [6, 6.07) is 9.04.